The van der Waals surface area contributed by atoms with Crippen molar-refractivity contribution in [3.05, 3.63) is 514 Å². The Balaban J connectivity index is 0.000000118. The van der Waals surface area contributed by atoms with Crippen molar-refractivity contribution >= 4 is 0 Å². The topological polar surface area (TPSA) is 155 Å². The number of fused-ring (bicyclic) bond motifs is 19. The minimum absolute atomic E-state index is 0.0262. The summed E-state index contributed by atoms with van der Waals surface area (Å²) in [6.07, 6.45) is 0. The molecule has 0 fully saturated rings. The molecule has 16 heteroatoms. The summed E-state index contributed by atoms with van der Waals surface area (Å²) in [6.45, 7) is 17.3. The third kappa shape index (κ3) is 16.4. The number of aromatic nitrogens is 12. The van der Waals surface area contributed by atoms with Crippen LogP contribution in [0.15, 0.2) is 424 Å². The molecule has 0 aliphatic heterocycles. The number of halogens is 4. The molecule has 0 saturated carbocycles. The molecular weight excluding hydrogens is 1830 g/mol. The lowest BCUT2D eigenvalue weighted by Gasteiger charge is -2.30. The van der Waals surface area contributed by atoms with E-state index >= 15 is 0 Å². The van der Waals surface area contributed by atoms with E-state index in [9.17, 15) is 17.6 Å². The second-order valence-electron chi connectivity index (χ2n) is 38.1. The first-order chi connectivity index (χ1) is 80.3. The minimum Gasteiger partial charge on any atom is -0.208 e. The number of nitrogens with zero attached hydrogens (tertiary/aromatic N) is 12. The molecule has 0 saturated heterocycles. The number of rotatable bonds is 12. The first-order valence-corrected chi connectivity index (χ1v) is 47.9. The van der Waals surface area contributed by atoms with Crippen molar-refractivity contribution in [1.82, 2.24) is 59.8 Å². The van der Waals surface area contributed by atoms with Crippen molar-refractivity contribution in [3.63, 3.8) is 0 Å². The van der Waals surface area contributed by atoms with Crippen LogP contribution in [0.2, 0.25) is 0 Å². The number of hydrogen-bond donors (Lipinski definition) is 0. The Morgan fingerprint density at radius 2 is 0.378 bits per heavy atom. The smallest absolute Gasteiger partial charge is 0.167 e. The molecule has 1 spiro atoms. The van der Waals surface area contributed by atoms with Gasteiger partial charge in [-0.2, -0.15) is 0 Å². The fourth-order valence-corrected chi connectivity index (χ4v) is 21.0. The van der Waals surface area contributed by atoms with Gasteiger partial charge in [0, 0.05) is 71.9 Å². The van der Waals surface area contributed by atoms with E-state index in [2.05, 4.69) is 211 Å². The van der Waals surface area contributed by atoms with Crippen LogP contribution in [0.4, 0.5) is 17.6 Å². The van der Waals surface area contributed by atoms with Crippen LogP contribution in [0.25, 0.3) is 192 Å². The Morgan fingerprint density at radius 3 is 0.696 bits per heavy atom. The molecule has 27 rings (SSSR count). The summed E-state index contributed by atoms with van der Waals surface area (Å²) in [5.41, 5.74) is 26.9. The number of benzene rings is 18. The van der Waals surface area contributed by atoms with Crippen LogP contribution in [0, 0.1) is 37.1 Å². The van der Waals surface area contributed by atoms with Crippen LogP contribution < -0.4 is 0 Å². The highest BCUT2D eigenvalue weighted by molar-refractivity contribution is 5.97. The average molecular weight is 1940 g/mol. The fourth-order valence-electron chi connectivity index (χ4n) is 21.0. The summed E-state index contributed by atoms with van der Waals surface area (Å²) in [5.74, 6) is -0.603. The van der Waals surface area contributed by atoms with Crippen LogP contribution in [-0.4, -0.2) is 59.8 Å². The zero-order valence-electron chi connectivity index (χ0n) is 101. The molecule has 710 valence electrons. The number of aryl methyl sites for hydroxylation is 2. The van der Waals surface area contributed by atoms with Crippen molar-refractivity contribution in [1.29, 1.82) is 0 Å². The Hall–Kier alpha value is -18.3. The van der Waals surface area contributed by atoms with Crippen molar-refractivity contribution in [2.45, 2.75) is 77.0 Å². The summed E-state index contributed by atoms with van der Waals surface area (Å²) >= 11 is 0. The highest BCUT2D eigenvalue weighted by atomic mass is 19.1. The van der Waals surface area contributed by atoms with E-state index in [1.807, 2.05) is 84.9 Å². The van der Waals surface area contributed by atoms with Crippen molar-refractivity contribution < 1.29 is 45.0 Å². The van der Waals surface area contributed by atoms with Crippen molar-refractivity contribution in [2.24, 2.45) is 0 Å². The van der Waals surface area contributed by atoms with Gasteiger partial charge in [0.05, 0.1) is 44.0 Å². The Kier molecular flexibility index (Phi) is 18.1. The quantitative estimate of drug-likeness (QED) is 0.107. The van der Waals surface area contributed by atoms with Crippen LogP contribution in [0.5, 0.6) is 0 Å². The highest BCUT2D eigenvalue weighted by Gasteiger charge is 2.52. The van der Waals surface area contributed by atoms with Gasteiger partial charge < -0.3 is 0 Å². The second-order valence-corrected chi connectivity index (χ2v) is 38.1. The lowest BCUT2D eigenvalue weighted by Crippen LogP contribution is -2.26. The summed E-state index contributed by atoms with van der Waals surface area (Å²) in [4.78, 5) is 55.1. The molecule has 4 aromatic heterocycles. The molecule has 0 amide bonds. The van der Waals surface area contributed by atoms with Gasteiger partial charge >= 0.3 is 0 Å². The zero-order valence-corrected chi connectivity index (χ0v) is 80.7. The standard InChI is InChI=1S/C41H27N3.C31H23F2N3.C30H21F2N3.C30H23N3/c1-26-20-22-32-33-23-21-29(40-43-38(27-12-4-2-5-13-27)42-39(44-40)28-14-6-3-7-15-28)25-37(33)41(36(32)24-26)34-18-10-8-16-30(34)31-17-9-11-19-35(31)41;1-18-4-14-24-25-15-9-21(17-27(25)31(2,3)26(24)16-18)30-35-28(19-5-10-22(32)11-6-19)34-29(36-30)20-7-12-23(33)13-8-20;1-30(2)23-12-6-3-9-19(23)20-16-15-18(17-24(20)30)27-33-28(21-10-4-7-13-25(21)31)35-29(34-27)22-11-5-8-14-26(22)32;1-30(2)25-16-10-9-15-23(25)24-18-17-22(19-26(24)30)29-32-27(20-11-5-3-6-12-20)31-28(33-29)21-13-7-4-8-14-21/h2-25H,1H3;4-17H,1-3H3;3-17H,1-2H3;3-19H,1-2H3/i2D,3D,4D,5D,6D,7D,12D,13D,14D,15D;;;3D,4D,5D,6D,7D,8D,11D,12D,13D,14D. The van der Waals surface area contributed by atoms with Gasteiger partial charge in [-0.25, -0.2) is 77.4 Å². The first kappa shape index (κ1) is 72.0. The van der Waals surface area contributed by atoms with Gasteiger partial charge in [0.2, 0.25) is 0 Å². The largest absolute Gasteiger partial charge is 0.208 e. The predicted molar refractivity (Wildman–Crippen MR) is 583 cm³/mol. The molecule has 148 heavy (non-hydrogen) atoms. The third-order valence-electron chi connectivity index (χ3n) is 28.1. The summed E-state index contributed by atoms with van der Waals surface area (Å²) in [5, 5.41) is 0. The SMILES string of the molecule is CC1(C)c2ccccc2-c2ccc(-c3nc(-c4ccccc4F)nc(-c4ccccc4F)n3)cc21.Cc1ccc2c(c1)C(C)(C)c1cc(-c3nc(-c4ccc(F)cc4)nc(-c4ccc(F)cc4)n3)ccc1-2.[2H]c1c([2H])c([2H])c(-c2nc(-c3ccc4c(c3)C(C)(C)c3ccccc3-4)nc(-c3c([2H])c([2H])c([2H])c([2H])c3[2H])n2)c([2H])c1[2H].[2H]c1c([2H])c([2H])c(-c2nc(-c3ccc4c(c3)C3(c5ccccc5-c5ccccc53)c3cc(C)ccc3-4)nc(-c3c([2H])c([2H])c([2H])c([2H])c3[2H])n2)c([2H])c1[2H]. The zero-order chi connectivity index (χ0) is 118. The van der Waals surface area contributed by atoms with Gasteiger partial charge in [0.1, 0.15) is 23.3 Å². The Morgan fingerprint density at radius 1 is 0.176 bits per heavy atom. The fraction of sp³-hybridized carbons (Fsp3) is 0.0909. The van der Waals surface area contributed by atoms with E-state index in [1.165, 1.54) is 80.9 Å². The first-order valence-electron chi connectivity index (χ1n) is 57.9. The maximum atomic E-state index is 14.7. The molecule has 0 unspecified atom stereocenters. The van der Waals surface area contributed by atoms with E-state index < -0.39 is 138 Å². The van der Waals surface area contributed by atoms with Crippen LogP contribution in [-0.2, 0) is 21.7 Å². The van der Waals surface area contributed by atoms with Crippen molar-refractivity contribution in [3.8, 4) is 192 Å². The van der Waals surface area contributed by atoms with E-state index in [0.717, 1.165) is 89.0 Å². The summed E-state index contributed by atoms with van der Waals surface area (Å²) < 4.78 is 224. The van der Waals surface area contributed by atoms with Gasteiger partial charge in [-0.1, -0.05) is 380 Å². The van der Waals surface area contributed by atoms with E-state index in [0.29, 0.717) is 45.6 Å². The van der Waals surface area contributed by atoms with Crippen LogP contribution in [0.1, 0.15) is 136 Å². The second kappa shape index (κ2) is 37.2. The van der Waals surface area contributed by atoms with Gasteiger partial charge in [-0.15, -0.1) is 0 Å². The highest BCUT2D eigenvalue weighted by Crippen LogP contribution is 2.64. The Labute approximate surface area is 883 Å². The van der Waals surface area contributed by atoms with Gasteiger partial charge in [0.15, 0.2) is 69.9 Å². The molecule has 22 aromatic rings. The molecular formula is C132H94F4N12. The molecule has 5 aliphatic rings. The van der Waals surface area contributed by atoms with Crippen molar-refractivity contribution in [2.75, 3.05) is 0 Å². The summed E-state index contributed by atoms with van der Waals surface area (Å²) in [6, 6.07) is 83.4. The van der Waals surface area contributed by atoms with Gasteiger partial charge in [0.25, 0.3) is 0 Å². The Bertz CT molecular complexity index is 9920. The molecule has 0 radical (unpaired) electrons. The van der Waals surface area contributed by atoms with Gasteiger partial charge in [-0.3, -0.25) is 0 Å². The lowest BCUT2D eigenvalue weighted by molar-refractivity contribution is 0.627. The molecule has 18 aromatic carbocycles. The minimum atomic E-state index is -0.710. The van der Waals surface area contributed by atoms with Gasteiger partial charge in [-0.05, 0) is 222 Å². The molecule has 0 atom stereocenters. The molecule has 0 bridgehead atoms. The number of hydrogen-bond acceptors (Lipinski definition) is 12. The van der Waals surface area contributed by atoms with E-state index in [1.54, 1.807) is 66.7 Å². The molecule has 4 heterocycles. The normalized spacial score (nSPS) is 15.2. The monoisotopic (exact) mass is 1940 g/mol. The summed E-state index contributed by atoms with van der Waals surface area (Å²) in [7, 11) is 0. The molecule has 5 aliphatic carbocycles. The predicted octanol–water partition coefficient (Wildman–Crippen LogP) is 31.9. The average Bonchev–Trinajstić information content (AvgIpc) is 1.50. The van der Waals surface area contributed by atoms with E-state index in [4.69, 9.17) is 47.4 Å². The molecule has 12 nitrogen and oxygen atoms in total. The third-order valence-corrected chi connectivity index (χ3v) is 28.1. The van der Waals surface area contributed by atoms with E-state index in [-0.39, 0.29) is 108 Å². The maximum absolute atomic E-state index is 14.7. The molecule has 0 N–H and O–H groups in total. The lowest BCUT2D eigenvalue weighted by atomic mass is 9.70. The maximum Gasteiger partial charge on any atom is 0.167 e. The van der Waals surface area contributed by atoms with Crippen LogP contribution >= 0.6 is 0 Å². The van der Waals surface area contributed by atoms with Crippen LogP contribution in [0.3, 0.4) is 0 Å².